The average Bonchev–Trinajstić information content (AvgIpc) is 3.31. The zero-order chi connectivity index (χ0) is 47.2. The van der Waals surface area contributed by atoms with Crippen LogP contribution >= 0.6 is 0 Å². The molecule has 0 aliphatic carbocycles. The Morgan fingerprint density at radius 3 is 1.09 bits per heavy atom. The van der Waals surface area contributed by atoms with E-state index in [-0.39, 0.29) is 18.5 Å². The number of nitrogens with one attached hydrogen (secondary N) is 1. The van der Waals surface area contributed by atoms with Gasteiger partial charge in [-0.3, -0.25) is 9.59 Å². The standard InChI is InChI=1S/C59H115NO5/c1-3-5-7-9-11-13-15-16-17-18-24-27-30-33-37-41-45-49-53-59(64)65-54-50-46-42-38-34-31-28-25-22-20-19-21-23-26-29-32-36-40-44-48-52-58(63)60-56(55-61)57(62)51-47-43-39-35-14-12-10-8-6-4-2/h19,21,56-57,61-62H,3-18,20,22-55H2,1-2H3,(H,60,63)/b21-19-. The van der Waals surface area contributed by atoms with Gasteiger partial charge in [-0.25, -0.2) is 0 Å². The minimum atomic E-state index is -0.667. The van der Waals surface area contributed by atoms with E-state index < -0.39 is 12.1 Å². The van der Waals surface area contributed by atoms with Crippen LogP contribution in [0.4, 0.5) is 0 Å². The Labute approximate surface area is 406 Å². The molecule has 0 aliphatic heterocycles. The molecular weight excluding hydrogens is 803 g/mol. The number of carbonyl (C=O) groups excluding carboxylic acids is 2. The second-order valence-electron chi connectivity index (χ2n) is 20.3. The molecule has 0 heterocycles. The van der Waals surface area contributed by atoms with Crippen LogP contribution in [0.1, 0.15) is 328 Å². The summed E-state index contributed by atoms with van der Waals surface area (Å²) in [5, 5.41) is 23.1. The van der Waals surface area contributed by atoms with Crippen LogP contribution in [0.25, 0.3) is 0 Å². The Bertz CT molecular complexity index is 970. The lowest BCUT2D eigenvalue weighted by atomic mass is 10.0. The molecule has 0 fully saturated rings. The molecule has 0 aliphatic rings. The van der Waals surface area contributed by atoms with Crippen LogP contribution in [0.15, 0.2) is 12.2 Å². The number of rotatable bonds is 55. The van der Waals surface area contributed by atoms with Crippen molar-refractivity contribution in [3.05, 3.63) is 12.2 Å². The molecule has 0 saturated heterocycles. The van der Waals surface area contributed by atoms with Crippen LogP contribution < -0.4 is 5.32 Å². The maximum atomic E-state index is 12.4. The maximum absolute atomic E-state index is 12.4. The molecule has 0 saturated carbocycles. The van der Waals surface area contributed by atoms with Crippen LogP contribution in [0, 0.1) is 0 Å². The Kier molecular flexibility index (Phi) is 54.0. The zero-order valence-electron chi connectivity index (χ0n) is 44.0. The number of unbranched alkanes of at least 4 members (excludes halogenated alkanes) is 42. The summed E-state index contributed by atoms with van der Waals surface area (Å²) in [6, 6.07) is -0.545. The first-order valence-corrected chi connectivity index (χ1v) is 29.4. The highest BCUT2D eigenvalue weighted by Gasteiger charge is 2.20. The van der Waals surface area contributed by atoms with E-state index in [0.29, 0.717) is 25.9 Å². The summed E-state index contributed by atoms with van der Waals surface area (Å²) < 4.78 is 5.49. The van der Waals surface area contributed by atoms with Gasteiger partial charge < -0.3 is 20.3 Å². The topological polar surface area (TPSA) is 95.9 Å². The molecule has 0 spiro atoms. The number of allylic oxidation sites excluding steroid dienone is 2. The van der Waals surface area contributed by atoms with Gasteiger partial charge in [-0.05, 0) is 51.4 Å². The second-order valence-corrected chi connectivity index (χ2v) is 20.3. The Morgan fingerprint density at radius 1 is 0.415 bits per heavy atom. The molecule has 2 unspecified atom stereocenters. The van der Waals surface area contributed by atoms with Crippen molar-refractivity contribution in [2.45, 2.75) is 341 Å². The largest absolute Gasteiger partial charge is 0.466 e. The quantitative estimate of drug-likeness (QED) is 0.0321. The number of hydrogen-bond donors (Lipinski definition) is 3. The first-order chi connectivity index (χ1) is 32.0. The van der Waals surface area contributed by atoms with E-state index >= 15 is 0 Å². The smallest absolute Gasteiger partial charge is 0.305 e. The van der Waals surface area contributed by atoms with Gasteiger partial charge in [0.25, 0.3) is 0 Å². The van der Waals surface area contributed by atoms with E-state index in [1.165, 1.54) is 257 Å². The number of ether oxygens (including phenoxy) is 1. The van der Waals surface area contributed by atoms with Crippen LogP contribution in [-0.2, 0) is 14.3 Å². The third-order valence-corrected chi connectivity index (χ3v) is 13.8. The molecular formula is C59H115NO5. The third kappa shape index (κ3) is 51.8. The van der Waals surface area contributed by atoms with Crippen LogP contribution in [-0.4, -0.2) is 47.4 Å². The molecule has 6 nitrogen and oxygen atoms in total. The number of hydrogen-bond acceptors (Lipinski definition) is 5. The van der Waals surface area contributed by atoms with Gasteiger partial charge >= 0.3 is 5.97 Å². The maximum Gasteiger partial charge on any atom is 0.305 e. The fourth-order valence-corrected chi connectivity index (χ4v) is 9.28. The predicted molar refractivity (Wildman–Crippen MR) is 283 cm³/mol. The van der Waals surface area contributed by atoms with Crippen molar-refractivity contribution in [2.24, 2.45) is 0 Å². The summed E-state index contributed by atoms with van der Waals surface area (Å²) in [7, 11) is 0. The number of carbonyl (C=O) groups is 2. The molecule has 0 aromatic carbocycles. The SMILES string of the molecule is CCCCCCCCCCCCCCCCCCCCC(=O)OCCCCCCCCCCC/C=C\CCCCCCCCCC(=O)NC(CO)C(O)CCCCCCCCCCCC. The van der Waals surface area contributed by atoms with Crippen molar-refractivity contribution in [2.75, 3.05) is 13.2 Å². The van der Waals surface area contributed by atoms with E-state index in [4.69, 9.17) is 4.74 Å². The van der Waals surface area contributed by atoms with E-state index in [9.17, 15) is 19.8 Å². The first-order valence-electron chi connectivity index (χ1n) is 29.4. The summed E-state index contributed by atoms with van der Waals surface area (Å²) in [4.78, 5) is 24.5. The molecule has 6 heteroatoms. The molecule has 1 amide bonds. The predicted octanol–water partition coefficient (Wildman–Crippen LogP) is 18.1. The number of amides is 1. The molecule has 0 aromatic heterocycles. The summed E-state index contributed by atoms with van der Waals surface area (Å²) in [6.45, 7) is 4.95. The minimum Gasteiger partial charge on any atom is -0.466 e. The van der Waals surface area contributed by atoms with Crippen LogP contribution in [0.3, 0.4) is 0 Å². The van der Waals surface area contributed by atoms with E-state index in [1.807, 2.05) is 0 Å². The molecule has 0 rings (SSSR count). The highest BCUT2D eigenvalue weighted by Crippen LogP contribution is 2.17. The second kappa shape index (κ2) is 55.2. The Hall–Kier alpha value is -1.40. The van der Waals surface area contributed by atoms with Gasteiger partial charge in [0, 0.05) is 12.8 Å². The molecule has 3 N–H and O–H groups in total. The number of esters is 1. The molecule has 0 radical (unpaired) electrons. The van der Waals surface area contributed by atoms with Gasteiger partial charge in [0.2, 0.25) is 5.91 Å². The molecule has 386 valence electrons. The van der Waals surface area contributed by atoms with Gasteiger partial charge in [0.1, 0.15) is 0 Å². The van der Waals surface area contributed by atoms with Crippen molar-refractivity contribution in [3.63, 3.8) is 0 Å². The van der Waals surface area contributed by atoms with Gasteiger partial charge in [0.15, 0.2) is 0 Å². The van der Waals surface area contributed by atoms with E-state index in [2.05, 4.69) is 31.3 Å². The average molecular weight is 919 g/mol. The fourth-order valence-electron chi connectivity index (χ4n) is 9.28. The monoisotopic (exact) mass is 918 g/mol. The fraction of sp³-hybridized carbons (Fsp3) is 0.932. The van der Waals surface area contributed by atoms with Crippen molar-refractivity contribution >= 4 is 11.9 Å². The van der Waals surface area contributed by atoms with Gasteiger partial charge in [-0.15, -0.1) is 0 Å². The van der Waals surface area contributed by atoms with E-state index in [0.717, 1.165) is 38.5 Å². The lowest BCUT2D eigenvalue weighted by molar-refractivity contribution is -0.143. The number of aliphatic hydroxyl groups excluding tert-OH is 2. The minimum absolute atomic E-state index is 0.0109. The summed E-state index contributed by atoms with van der Waals surface area (Å²) in [5.74, 6) is -0.0333. The third-order valence-electron chi connectivity index (χ3n) is 13.8. The van der Waals surface area contributed by atoms with E-state index in [1.54, 1.807) is 0 Å². The highest BCUT2D eigenvalue weighted by atomic mass is 16.5. The molecule has 65 heavy (non-hydrogen) atoms. The Morgan fingerprint density at radius 2 is 0.723 bits per heavy atom. The lowest BCUT2D eigenvalue weighted by Crippen LogP contribution is -2.45. The molecule has 0 bridgehead atoms. The van der Waals surface area contributed by atoms with Crippen LogP contribution in [0.5, 0.6) is 0 Å². The lowest BCUT2D eigenvalue weighted by Gasteiger charge is -2.22. The zero-order valence-corrected chi connectivity index (χ0v) is 44.0. The van der Waals surface area contributed by atoms with Gasteiger partial charge in [-0.2, -0.15) is 0 Å². The van der Waals surface area contributed by atoms with Crippen molar-refractivity contribution in [1.29, 1.82) is 0 Å². The molecule has 0 aromatic rings. The summed E-state index contributed by atoms with van der Waals surface area (Å²) in [6.07, 6.45) is 65.0. The molecule has 2 atom stereocenters. The number of aliphatic hydroxyl groups is 2. The summed E-state index contributed by atoms with van der Waals surface area (Å²) in [5.41, 5.74) is 0. The highest BCUT2D eigenvalue weighted by molar-refractivity contribution is 5.76. The van der Waals surface area contributed by atoms with Gasteiger partial charge in [0.05, 0.1) is 25.4 Å². The van der Waals surface area contributed by atoms with Gasteiger partial charge in [-0.1, -0.05) is 276 Å². The van der Waals surface area contributed by atoms with Crippen molar-refractivity contribution in [3.8, 4) is 0 Å². The first kappa shape index (κ1) is 63.6. The van der Waals surface area contributed by atoms with Crippen LogP contribution in [0.2, 0.25) is 0 Å². The summed E-state index contributed by atoms with van der Waals surface area (Å²) >= 11 is 0. The normalized spacial score (nSPS) is 12.6. The van der Waals surface area contributed by atoms with Crippen molar-refractivity contribution < 1.29 is 24.5 Å². The Balaban J connectivity index is 3.38. The van der Waals surface area contributed by atoms with Crippen molar-refractivity contribution in [1.82, 2.24) is 5.32 Å².